The van der Waals surface area contributed by atoms with E-state index in [2.05, 4.69) is 11.4 Å². The van der Waals surface area contributed by atoms with Gasteiger partial charge in [0.2, 0.25) is 10.0 Å². The Hall–Kier alpha value is -0.690. The number of nitrogens with zero attached hydrogens (tertiary/aromatic N) is 1. The summed E-state index contributed by atoms with van der Waals surface area (Å²) < 4.78 is 26.7. The smallest absolute Gasteiger partial charge is 0.244 e. The molecule has 0 aliphatic carbocycles. The van der Waals surface area contributed by atoms with Gasteiger partial charge in [-0.25, -0.2) is 8.42 Å². The lowest BCUT2D eigenvalue weighted by molar-refractivity contribution is 0.427. The predicted octanol–water partition coefficient (Wildman–Crippen LogP) is 1.81. The van der Waals surface area contributed by atoms with Gasteiger partial charge in [-0.1, -0.05) is 11.6 Å². The van der Waals surface area contributed by atoms with Crippen LogP contribution in [0, 0.1) is 0 Å². The molecule has 0 radical (unpaired) electrons. The van der Waals surface area contributed by atoms with Crippen LogP contribution in [0.1, 0.15) is 18.2 Å². The average molecular weight is 286 g/mol. The Labute approximate surface area is 112 Å². The quantitative estimate of drug-likeness (QED) is 0.859. The van der Waals surface area contributed by atoms with E-state index in [9.17, 15) is 8.42 Å². The largest absolute Gasteiger partial charge is 0.315 e. The van der Waals surface area contributed by atoms with Crippen LogP contribution in [0.15, 0.2) is 28.0 Å². The van der Waals surface area contributed by atoms with Gasteiger partial charge in [-0.3, -0.25) is 0 Å². The minimum atomic E-state index is -3.34. The average Bonchev–Trinajstić information content (AvgIpc) is 2.78. The first kappa shape index (κ1) is 13.7. The molecule has 1 aromatic rings. The molecule has 0 amide bonds. The number of rotatable bonds is 4. The van der Waals surface area contributed by atoms with Crippen LogP contribution in [0.2, 0.25) is 0 Å². The number of thiophene rings is 1. The Balaban J connectivity index is 2.30. The molecule has 1 aromatic heterocycles. The second-order valence-electron chi connectivity index (χ2n) is 4.42. The summed E-state index contributed by atoms with van der Waals surface area (Å²) in [5.74, 6) is 0. The molecule has 1 aliphatic heterocycles. The number of hydrogen-bond acceptors (Lipinski definition) is 4. The van der Waals surface area contributed by atoms with E-state index in [1.54, 1.807) is 10.4 Å². The third-order valence-corrected chi connectivity index (χ3v) is 5.94. The van der Waals surface area contributed by atoms with Gasteiger partial charge in [0.1, 0.15) is 0 Å². The van der Waals surface area contributed by atoms with Crippen molar-refractivity contribution in [1.29, 1.82) is 0 Å². The first-order valence-electron chi connectivity index (χ1n) is 5.92. The van der Waals surface area contributed by atoms with E-state index >= 15 is 0 Å². The van der Waals surface area contributed by atoms with Crippen molar-refractivity contribution in [2.45, 2.75) is 24.8 Å². The third-order valence-electron chi connectivity index (χ3n) is 2.96. The normalized spacial score (nSPS) is 17.8. The zero-order valence-electron chi connectivity index (χ0n) is 10.6. The fourth-order valence-electron chi connectivity index (χ4n) is 2.07. The maximum atomic E-state index is 12.6. The molecule has 0 unspecified atom stereocenters. The first-order valence-corrected chi connectivity index (χ1v) is 8.24. The molecular weight excluding hydrogens is 268 g/mol. The van der Waals surface area contributed by atoms with Gasteiger partial charge in [-0.2, -0.15) is 4.31 Å². The van der Waals surface area contributed by atoms with Crippen molar-refractivity contribution in [3.63, 3.8) is 0 Å². The van der Waals surface area contributed by atoms with Gasteiger partial charge in [-0.15, -0.1) is 11.3 Å². The van der Waals surface area contributed by atoms with Crippen molar-refractivity contribution in [1.82, 2.24) is 9.62 Å². The number of sulfonamides is 1. The summed E-state index contributed by atoms with van der Waals surface area (Å²) in [5, 5.41) is 4.85. The standard InChI is InChI=1S/C12H18N2O2S2/c1-10-4-3-6-14(9-10)18(15,16)12-5-7-17-11(12)8-13-2/h4-5,7,13H,3,6,8-9H2,1-2H3. The van der Waals surface area contributed by atoms with E-state index in [1.165, 1.54) is 11.3 Å². The van der Waals surface area contributed by atoms with Crippen LogP contribution in [-0.2, 0) is 16.6 Å². The van der Waals surface area contributed by atoms with Crippen LogP contribution in [0.4, 0.5) is 0 Å². The molecule has 18 heavy (non-hydrogen) atoms. The molecular formula is C12H18N2O2S2. The highest BCUT2D eigenvalue weighted by molar-refractivity contribution is 7.89. The van der Waals surface area contributed by atoms with E-state index in [0.717, 1.165) is 16.9 Å². The zero-order valence-corrected chi connectivity index (χ0v) is 12.3. The molecule has 1 N–H and O–H groups in total. The first-order chi connectivity index (χ1) is 8.55. The van der Waals surface area contributed by atoms with Gasteiger partial charge < -0.3 is 5.32 Å². The van der Waals surface area contributed by atoms with Gasteiger partial charge in [0.15, 0.2) is 0 Å². The third kappa shape index (κ3) is 2.66. The summed E-state index contributed by atoms with van der Waals surface area (Å²) in [6.45, 7) is 3.66. The van der Waals surface area contributed by atoms with Gasteiger partial charge in [0.05, 0.1) is 4.90 Å². The summed E-state index contributed by atoms with van der Waals surface area (Å²) in [6, 6.07) is 1.71. The molecule has 1 aliphatic rings. The molecule has 2 rings (SSSR count). The molecule has 0 saturated heterocycles. The van der Waals surface area contributed by atoms with E-state index < -0.39 is 10.0 Å². The Bertz CT molecular complexity index is 546. The van der Waals surface area contributed by atoms with E-state index in [-0.39, 0.29) is 0 Å². The minimum Gasteiger partial charge on any atom is -0.315 e. The van der Waals surface area contributed by atoms with Crippen molar-refractivity contribution in [2.24, 2.45) is 0 Å². The molecule has 0 bridgehead atoms. The SMILES string of the molecule is CNCc1sccc1S(=O)(=O)N1CCC=C(C)C1. The molecule has 100 valence electrons. The topological polar surface area (TPSA) is 49.4 Å². The highest BCUT2D eigenvalue weighted by Crippen LogP contribution is 2.27. The monoisotopic (exact) mass is 286 g/mol. The summed E-state index contributed by atoms with van der Waals surface area (Å²) in [7, 11) is -1.52. The fraction of sp³-hybridized carbons (Fsp3) is 0.500. The lowest BCUT2D eigenvalue weighted by Gasteiger charge is -2.25. The molecule has 0 aromatic carbocycles. The van der Waals surface area contributed by atoms with Crippen LogP contribution in [0.5, 0.6) is 0 Å². The van der Waals surface area contributed by atoms with E-state index in [4.69, 9.17) is 0 Å². The second kappa shape index (κ2) is 5.52. The lowest BCUT2D eigenvalue weighted by Crippen LogP contribution is -2.35. The highest BCUT2D eigenvalue weighted by Gasteiger charge is 2.28. The maximum absolute atomic E-state index is 12.6. The predicted molar refractivity (Wildman–Crippen MR) is 74.2 cm³/mol. The second-order valence-corrected chi connectivity index (χ2v) is 7.32. The van der Waals surface area contributed by atoms with Gasteiger partial charge in [-0.05, 0) is 31.8 Å². The Kier molecular flexibility index (Phi) is 4.21. The zero-order chi connectivity index (χ0) is 13.2. The highest BCUT2D eigenvalue weighted by atomic mass is 32.2. The van der Waals surface area contributed by atoms with Crippen LogP contribution in [0.3, 0.4) is 0 Å². The van der Waals surface area contributed by atoms with Crippen LogP contribution in [0.25, 0.3) is 0 Å². The molecule has 6 heteroatoms. The molecule has 0 fully saturated rings. The lowest BCUT2D eigenvalue weighted by atomic mass is 10.2. The van der Waals surface area contributed by atoms with Gasteiger partial charge in [0, 0.05) is 24.5 Å². The van der Waals surface area contributed by atoms with Crippen molar-refractivity contribution in [2.75, 3.05) is 20.1 Å². The molecule has 4 nitrogen and oxygen atoms in total. The minimum absolute atomic E-state index is 0.455. The van der Waals surface area contributed by atoms with Crippen molar-refractivity contribution >= 4 is 21.4 Å². The van der Waals surface area contributed by atoms with Gasteiger partial charge in [0.25, 0.3) is 0 Å². The molecule has 0 atom stereocenters. The van der Waals surface area contributed by atoms with Crippen molar-refractivity contribution in [3.8, 4) is 0 Å². The summed E-state index contributed by atoms with van der Waals surface area (Å²) in [6.07, 6.45) is 2.91. The molecule has 2 heterocycles. The van der Waals surface area contributed by atoms with Crippen LogP contribution < -0.4 is 5.32 Å². The maximum Gasteiger partial charge on any atom is 0.244 e. The molecule has 0 spiro atoms. The summed E-state index contributed by atoms with van der Waals surface area (Å²) in [5.41, 5.74) is 1.12. The van der Waals surface area contributed by atoms with E-state index in [0.29, 0.717) is 24.5 Å². The van der Waals surface area contributed by atoms with E-state index in [1.807, 2.05) is 19.4 Å². The molecule has 0 saturated carbocycles. The van der Waals surface area contributed by atoms with Gasteiger partial charge >= 0.3 is 0 Å². The summed E-state index contributed by atoms with van der Waals surface area (Å²) in [4.78, 5) is 1.33. The summed E-state index contributed by atoms with van der Waals surface area (Å²) >= 11 is 1.48. The number of nitrogens with one attached hydrogen (secondary N) is 1. The van der Waals surface area contributed by atoms with Crippen molar-refractivity contribution in [3.05, 3.63) is 28.0 Å². The van der Waals surface area contributed by atoms with Crippen LogP contribution in [-0.4, -0.2) is 32.9 Å². The fourth-order valence-corrected chi connectivity index (χ4v) is 4.99. The Morgan fingerprint density at radius 3 is 2.94 bits per heavy atom. The number of hydrogen-bond donors (Lipinski definition) is 1. The van der Waals surface area contributed by atoms with Crippen LogP contribution >= 0.6 is 11.3 Å². The Morgan fingerprint density at radius 2 is 2.28 bits per heavy atom. The van der Waals surface area contributed by atoms with Crippen molar-refractivity contribution < 1.29 is 8.42 Å². The Morgan fingerprint density at radius 1 is 1.50 bits per heavy atom.